The lowest BCUT2D eigenvalue weighted by Crippen LogP contribution is -2.55. The van der Waals surface area contributed by atoms with Gasteiger partial charge in [-0.2, -0.15) is 13.2 Å². The number of hydrogen-bond acceptors (Lipinski definition) is 4. The zero-order valence-corrected chi connectivity index (χ0v) is 29.6. The molecular weight excluding hydrogens is 688 g/mol. The van der Waals surface area contributed by atoms with Gasteiger partial charge in [0.05, 0.1) is 23.5 Å². The van der Waals surface area contributed by atoms with Crippen molar-refractivity contribution < 1.29 is 23.4 Å². The van der Waals surface area contributed by atoms with Gasteiger partial charge in [0.15, 0.2) is 0 Å². The van der Waals surface area contributed by atoms with E-state index < -0.39 is 52.5 Å². The van der Waals surface area contributed by atoms with Crippen molar-refractivity contribution in [1.29, 1.82) is 0 Å². The number of hydrogen-bond donors (Lipinski definition) is 3. The maximum atomic E-state index is 14.5. The van der Waals surface area contributed by atoms with Gasteiger partial charge in [0, 0.05) is 35.2 Å². The van der Waals surface area contributed by atoms with Gasteiger partial charge in [0.2, 0.25) is 0 Å². The number of benzene rings is 5. The molecule has 1 aliphatic carbocycles. The number of aromatic nitrogens is 2. The zero-order chi connectivity index (χ0) is 37.6. The Morgan fingerprint density at radius 3 is 1.80 bits per heavy atom. The van der Waals surface area contributed by atoms with E-state index in [0.717, 1.165) is 43.9 Å². The van der Waals surface area contributed by atoms with E-state index in [0.29, 0.717) is 19.4 Å². The summed E-state index contributed by atoms with van der Waals surface area (Å²) in [6.07, 6.45) is -4.86. The second-order valence-electron chi connectivity index (χ2n) is 14.5. The van der Waals surface area contributed by atoms with Crippen LogP contribution in [0.15, 0.2) is 156 Å². The minimum atomic E-state index is -4.94. The molecule has 1 saturated carbocycles. The van der Waals surface area contributed by atoms with Crippen molar-refractivity contribution in [1.82, 2.24) is 9.78 Å². The Morgan fingerprint density at radius 1 is 0.741 bits per heavy atom. The van der Waals surface area contributed by atoms with Crippen LogP contribution in [0.3, 0.4) is 0 Å². The molecule has 8 rings (SSSR count). The Hall–Kier alpha value is -5.64. The Kier molecular flexibility index (Phi) is 9.16. The molecule has 1 aromatic heterocycles. The molecule has 0 amide bonds. The maximum absolute atomic E-state index is 14.5. The molecule has 5 aromatic carbocycles. The van der Waals surface area contributed by atoms with Gasteiger partial charge < -0.3 is 15.1 Å². The maximum Gasteiger partial charge on any atom is 0.433 e. The molecule has 0 bridgehead atoms. The highest BCUT2D eigenvalue weighted by atomic mass is 19.4. The lowest BCUT2D eigenvalue weighted by atomic mass is 9.63. The second-order valence-corrected chi connectivity index (χ2v) is 14.5. The molecule has 54 heavy (non-hydrogen) atoms. The number of H-pyrrole nitrogens is 1. The first-order chi connectivity index (χ1) is 26.0. The molecule has 0 radical (unpaired) electrons. The smallest absolute Gasteiger partial charge is 0.392 e. The summed E-state index contributed by atoms with van der Waals surface area (Å²) in [4.78, 5) is 16.0. The molecular formula is C45H40F3N3O3. The van der Waals surface area contributed by atoms with E-state index in [1.165, 1.54) is 12.1 Å². The van der Waals surface area contributed by atoms with E-state index in [1.807, 2.05) is 72.8 Å². The van der Waals surface area contributed by atoms with Gasteiger partial charge in [0.25, 0.3) is 5.56 Å². The highest BCUT2D eigenvalue weighted by molar-refractivity contribution is 5.73. The number of nitrogens with one attached hydrogen (secondary N) is 1. The van der Waals surface area contributed by atoms with Crippen LogP contribution in [-0.2, 0) is 31.0 Å². The van der Waals surface area contributed by atoms with E-state index in [2.05, 4.69) is 59.4 Å². The molecule has 0 saturated heterocycles. The summed E-state index contributed by atoms with van der Waals surface area (Å²) in [5.41, 5.74) is 3.81. The van der Waals surface area contributed by atoms with Gasteiger partial charge in [-0.15, -0.1) is 0 Å². The van der Waals surface area contributed by atoms with Crippen LogP contribution in [0, 0.1) is 12.8 Å². The molecule has 2 heterocycles. The molecule has 274 valence electrons. The van der Waals surface area contributed by atoms with Crippen LogP contribution in [-0.4, -0.2) is 32.2 Å². The average molecular weight is 728 g/mol. The van der Waals surface area contributed by atoms with Gasteiger partial charge in [0.1, 0.15) is 5.69 Å². The van der Waals surface area contributed by atoms with Crippen molar-refractivity contribution in [2.75, 3.05) is 4.90 Å². The fourth-order valence-electron chi connectivity index (χ4n) is 8.50. The van der Waals surface area contributed by atoms with Gasteiger partial charge in [-0.3, -0.25) is 9.89 Å². The summed E-state index contributed by atoms with van der Waals surface area (Å²) < 4.78 is 44.5. The van der Waals surface area contributed by atoms with Crippen molar-refractivity contribution in [3.8, 4) is 5.69 Å². The first kappa shape index (κ1) is 35.4. The number of anilines is 1. The number of para-hydroxylation sites is 1. The zero-order valence-electron chi connectivity index (χ0n) is 29.6. The highest BCUT2D eigenvalue weighted by Gasteiger charge is 2.56. The van der Waals surface area contributed by atoms with Crippen molar-refractivity contribution in [3.05, 3.63) is 201 Å². The highest BCUT2D eigenvalue weighted by Crippen LogP contribution is 2.55. The minimum Gasteiger partial charge on any atom is -0.392 e. The number of nitrogens with zero attached hydrogens (tertiary/aromatic N) is 2. The predicted octanol–water partition coefficient (Wildman–Crippen LogP) is 8.26. The molecule has 1 fully saturated rings. The van der Waals surface area contributed by atoms with E-state index in [1.54, 1.807) is 18.2 Å². The molecule has 3 N–H and O–H groups in total. The summed E-state index contributed by atoms with van der Waals surface area (Å²) in [5.74, 6) is -2.44. The Balaban J connectivity index is 1.29. The van der Waals surface area contributed by atoms with Crippen LogP contribution < -0.4 is 10.5 Å². The number of aryl methyl sites for hydroxylation is 1. The summed E-state index contributed by atoms with van der Waals surface area (Å²) in [7, 11) is 0. The fourth-order valence-corrected chi connectivity index (χ4v) is 8.50. The SMILES string of the molecule is Cc1ccc2c(c1)C(Cc1ccccc1)(Cc1ccccc1)C(=CC1C(O)C(c3c(C(F)(F)F)[nH]n(-c4ccccc4)c3=O)C1O)N2Cc1ccccc1. The van der Waals surface area contributed by atoms with Crippen LogP contribution in [0.1, 0.15) is 45.0 Å². The molecule has 0 spiro atoms. The number of aromatic amines is 1. The van der Waals surface area contributed by atoms with E-state index in [4.69, 9.17) is 0 Å². The molecule has 2 aliphatic rings. The quantitative estimate of drug-likeness (QED) is 0.140. The first-order valence-electron chi connectivity index (χ1n) is 18.1. The topological polar surface area (TPSA) is 81.5 Å². The van der Waals surface area contributed by atoms with Crippen LogP contribution in [0.2, 0.25) is 0 Å². The summed E-state index contributed by atoms with van der Waals surface area (Å²) >= 11 is 0. The minimum absolute atomic E-state index is 0.211. The van der Waals surface area contributed by atoms with Gasteiger partial charge in [-0.05, 0) is 60.2 Å². The third kappa shape index (κ3) is 6.27. The molecule has 6 nitrogen and oxygen atoms in total. The lowest BCUT2D eigenvalue weighted by molar-refractivity contribution is -0.145. The van der Waals surface area contributed by atoms with Gasteiger partial charge >= 0.3 is 6.18 Å². The molecule has 1 aliphatic heterocycles. The third-order valence-electron chi connectivity index (χ3n) is 11.1. The Labute approximate surface area is 311 Å². The largest absolute Gasteiger partial charge is 0.433 e. The summed E-state index contributed by atoms with van der Waals surface area (Å²) in [5, 5.41) is 26.0. The Morgan fingerprint density at radius 2 is 1.26 bits per heavy atom. The van der Waals surface area contributed by atoms with E-state index >= 15 is 0 Å². The van der Waals surface area contributed by atoms with Gasteiger partial charge in [-0.1, -0.05) is 133 Å². The molecule has 2 atom stereocenters. The average Bonchev–Trinajstić information content (AvgIpc) is 3.63. The number of alkyl halides is 3. The van der Waals surface area contributed by atoms with Crippen molar-refractivity contribution in [2.45, 2.75) is 56.0 Å². The number of aliphatic hydroxyl groups excluding tert-OH is 2. The second kappa shape index (κ2) is 14.0. The standard InChI is InChI=1S/C45H40F3N3O3/c1-29-22-23-36-35(24-29)44(26-30-14-6-2-7-15-30,27-31-16-8-3-9-17-31)37(50(36)28-32-18-10-4-11-19-32)25-34-40(52)38(41(34)53)39-42(45(46,47)48)49-51(43(39)54)33-20-12-5-13-21-33/h2-25,34,38,40-41,49,52-53H,26-28H2,1H3. The summed E-state index contributed by atoms with van der Waals surface area (Å²) in [6, 6.07) is 44.7. The van der Waals surface area contributed by atoms with Crippen LogP contribution >= 0.6 is 0 Å². The monoisotopic (exact) mass is 727 g/mol. The molecule has 6 aromatic rings. The Bertz CT molecular complexity index is 2290. The third-order valence-corrected chi connectivity index (χ3v) is 11.1. The number of fused-ring (bicyclic) bond motifs is 1. The van der Waals surface area contributed by atoms with Crippen LogP contribution in [0.25, 0.3) is 5.69 Å². The molecule has 9 heteroatoms. The number of aliphatic hydroxyl groups is 2. The number of rotatable bonds is 9. The summed E-state index contributed by atoms with van der Waals surface area (Å²) in [6.45, 7) is 2.54. The fraction of sp³-hybridized carbons (Fsp3) is 0.222. The van der Waals surface area contributed by atoms with E-state index in [9.17, 15) is 28.2 Å². The van der Waals surface area contributed by atoms with Crippen molar-refractivity contribution in [3.63, 3.8) is 0 Å². The number of allylic oxidation sites excluding steroid dienone is 1. The first-order valence-corrected chi connectivity index (χ1v) is 18.1. The lowest BCUT2D eigenvalue weighted by Gasteiger charge is -2.46. The van der Waals surface area contributed by atoms with Gasteiger partial charge in [-0.25, -0.2) is 4.68 Å². The molecule has 2 unspecified atom stereocenters. The van der Waals surface area contributed by atoms with E-state index in [-0.39, 0.29) is 5.69 Å². The van der Waals surface area contributed by atoms with Crippen molar-refractivity contribution in [2.24, 2.45) is 5.92 Å². The normalized spacial score (nSPS) is 21.2. The number of halogens is 3. The van der Waals surface area contributed by atoms with Crippen LogP contribution in [0.4, 0.5) is 18.9 Å². The van der Waals surface area contributed by atoms with Crippen LogP contribution in [0.5, 0.6) is 0 Å². The predicted molar refractivity (Wildman–Crippen MR) is 203 cm³/mol. The van der Waals surface area contributed by atoms with Crippen molar-refractivity contribution >= 4 is 5.69 Å².